The van der Waals surface area contributed by atoms with E-state index in [9.17, 15) is 12.6 Å². The zero-order valence-electron chi connectivity index (χ0n) is 14.9. The average molecular weight is 366 g/mol. The van der Waals surface area contributed by atoms with Crippen LogP contribution in [0.25, 0.3) is 0 Å². The van der Waals surface area contributed by atoms with E-state index >= 15 is 0 Å². The molecule has 0 amide bonds. The second-order valence-electron chi connectivity index (χ2n) is 5.84. The Kier molecular flexibility index (Phi) is 24.5. The highest BCUT2D eigenvalue weighted by Crippen LogP contribution is 2.61. The van der Waals surface area contributed by atoms with E-state index < -0.39 is 16.1 Å². The van der Waals surface area contributed by atoms with Crippen LogP contribution < -0.4 is 4.70 Å². The van der Waals surface area contributed by atoms with E-state index in [-0.39, 0.29) is 4.70 Å². The van der Waals surface area contributed by atoms with Gasteiger partial charge in [-0.1, -0.05) is 53.4 Å². The van der Waals surface area contributed by atoms with Crippen molar-refractivity contribution < 1.29 is 17.3 Å². The lowest BCUT2D eigenvalue weighted by atomic mass is 10.4. The van der Waals surface area contributed by atoms with Crippen molar-refractivity contribution in [3.8, 4) is 0 Å². The minimum Gasteiger partial charge on any atom is -1.00 e. The molecule has 0 radical (unpaired) electrons. The van der Waals surface area contributed by atoms with Gasteiger partial charge in [0, 0.05) is 7.26 Å². The van der Waals surface area contributed by atoms with E-state index in [1.54, 1.807) is 24.6 Å². The first-order valence-corrected chi connectivity index (χ1v) is 12.1. The Morgan fingerprint density at radius 1 is 0.591 bits per heavy atom. The van der Waals surface area contributed by atoms with Crippen LogP contribution in [0.1, 0.15) is 79.1 Å². The Morgan fingerprint density at radius 3 is 0.909 bits per heavy atom. The van der Waals surface area contributed by atoms with Gasteiger partial charge >= 0.3 is 8.85 Å². The van der Waals surface area contributed by atoms with E-state index in [4.69, 9.17) is 0 Å². The second-order valence-corrected chi connectivity index (χ2v) is 10.7. The maximum Gasteiger partial charge on any atom is 0.456 e. The molecule has 0 N–H and O–H groups in total. The third kappa shape index (κ3) is 18.6. The molecule has 138 valence electrons. The summed E-state index contributed by atoms with van der Waals surface area (Å²) in [6.45, 7) is 9.42. The lowest BCUT2D eigenvalue weighted by molar-refractivity contribution is -0.00000739. The molecular weight excluding hydrogens is 330 g/mol. The first kappa shape index (κ1) is 27.4. The van der Waals surface area contributed by atoms with Gasteiger partial charge in [-0.2, -0.15) is 12.6 Å². The van der Waals surface area contributed by atoms with E-state index in [1.807, 2.05) is 0 Å². The summed E-state index contributed by atoms with van der Waals surface area (Å²) in [6.07, 6.45) is 17.9. The Hall–Kier alpha value is 0.580. The number of hydrogen-bond donors (Lipinski definition) is 0. The summed E-state index contributed by atoms with van der Waals surface area (Å²) in [5.74, 6) is 0. The summed E-state index contributed by atoms with van der Waals surface area (Å²) < 4.78 is 29.2. The lowest BCUT2D eigenvalue weighted by Gasteiger charge is -2.28. The van der Waals surface area contributed by atoms with Gasteiger partial charge in [-0.15, -0.1) is 0 Å². The van der Waals surface area contributed by atoms with Crippen LogP contribution in [0.15, 0.2) is 0 Å². The van der Waals surface area contributed by atoms with Crippen LogP contribution in [0.3, 0.4) is 0 Å². The fraction of sp³-hybridized carbons (Fsp3) is 1.00. The van der Waals surface area contributed by atoms with Gasteiger partial charge in [0.1, 0.15) is 0 Å². The standard InChI is InChI=1S/C16H36P.F3P.FH/c1-5-9-13-17(14-10-6-2,15-11-7-3)16-12-8-4;1-4(2)3;/h5-16H2,1-4H3;;1H/q+1;;/p-1. The molecule has 0 aromatic heterocycles. The zero-order chi connectivity index (χ0) is 16.6. The van der Waals surface area contributed by atoms with Crippen molar-refractivity contribution in [2.75, 3.05) is 24.6 Å². The molecule has 0 fully saturated rings. The van der Waals surface area contributed by atoms with Gasteiger partial charge in [0.05, 0.1) is 24.6 Å². The summed E-state index contributed by atoms with van der Waals surface area (Å²) in [4.78, 5) is 0. The van der Waals surface area contributed by atoms with Crippen molar-refractivity contribution in [1.82, 2.24) is 0 Å². The predicted molar refractivity (Wildman–Crippen MR) is 96.3 cm³/mol. The molecular formula is C16H36F4P2. The molecule has 0 aliphatic rings. The Balaban J connectivity index is -0.000000640. The van der Waals surface area contributed by atoms with Crippen LogP contribution in [0, 0.1) is 0 Å². The molecule has 0 aromatic rings. The van der Waals surface area contributed by atoms with Gasteiger partial charge in [0.25, 0.3) is 0 Å². The van der Waals surface area contributed by atoms with Crippen LogP contribution in [-0.4, -0.2) is 24.6 Å². The molecule has 0 bridgehead atoms. The fourth-order valence-corrected chi connectivity index (χ4v) is 7.93. The Morgan fingerprint density at radius 2 is 0.773 bits per heavy atom. The normalized spacial score (nSPS) is 10.9. The molecule has 22 heavy (non-hydrogen) atoms. The summed E-state index contributed by atoms with van der Waals surface area (Å²) in [6, 6.07) is 0. The molecule has 0 aliphatic heterocycles. The fourth-order valence-electron chi connectivity index (χ4n) is 2.64. The highest BCUT2D eigenvalue weighted by molar-refractivity contribution is 7.75. The van der Waals surface area contributed by atoms with E-state index in [2.05, 4.69) is 27.7 Å². The van der Waals surface area contributed by atoms with Gasteiger partial charge in [0.2, 0.25) is 0 Å². The number of rotatable bonds is 12. The van der Waals surface area contributed by atoms with E-state index in [1.165, 1.54) is 51.4 Å². The monoisotopic (exact) mass is 366 g/mol. The average Bonchev–Trinajstić information content (AvgIpc) is 2.45. The summed E-state index contributed by atoms with van der Waals surface area (Å²) in [7, 11) is -4.68. The summed E-state index contributed by atoms with van der Waals surface area (Å²) >= 11 is 0. The van der Waals surface area contributed by atoms with Crippen molar-refractivity contribution in [3.63, 3.8) is 0 Å². The van der Waals surface area contributed by atoms with Gasteiger partial charge in [-0.25, -0.2) is 0 Å². The smallest absolute Gasteiger partial charge is 0.456 e. The largest absolute Gasteiger partial charge is 1.00 e. The third-order valence-electron chi connectivity index (χ3n) is 3.94. The molecule has 0 saturated heterocycles. The molecule has 6 heteroatoms. The molecule has 0 heterocycles. The zero-order valence-corrected chi connectivity index (χ0v) is 16.7. The first-order valence-electron chi connectivity index (χ1n) is 8.60. The minimum absolute atomic E-state index is 0. The molecule has 0 unspecified atom stereocenters. The molecule has 0 spiro atoms. The second kappa shape index (κ2) is 19.6. The topological polar surface area (TPSA) is 0 Å². The van der Waals surface area contributed by atoms with Crippen LogP contribution in [0.2, 0.25) is 0 Å². The highest BCUT2D eigenvalue weighted by atomic mass is 31.2. The quantitative estimate of drug-likeness (QED) is 0.323. The van der Waals surface area contributed by atoms with Crippen LogP contribution in [0.4, 0.5) is 12.6 Å². The van der Waals surface area contributed by atoms with Crippen LogP contribution in [-0.2, 0) is 0 Å². The number of unbranched alkanes of at least 4 members (excludes halogenated alkanes) is 4. The lowest BCUT2D eigenvalue weighted by Crippen LogP contribution is -3.00. The Bertz CT molecular complexity index is 164. The molecule has 0 nitrogen and oxygen atoms in total. The van der Waals surface area contributed by atoms with E-state index in [0.717, 1.165) is 0 Å². The van der Waals surface area contributed by atoms with Crippen LogP contribution >= 0.6 is 16.1 Å². The van der Waals surface area contributed by atoms with E-state index in [0.29, 0.717) is 0 Å². The van der Waals surface area contributed by atoms with Crippen molar-refractivity contribution in [3.05, 3.63) is 0 Å². The highest BCUT2D eigenvalue weighted by Gasteiger charge is 2.34. The summed E-state index contributed by atoms with van der Waals surface area (Å²) in [5.41, 5.74) is 0. The molecule has 0 aromatic carbocycles. The third-order valence-corrected chi connectivity index (χ3v) is 9.00. The number of halogens is 4. The van der Waals surface area contributed by atoms with Crippen molar-refractivity contribution in [1.29, 1.82) is 0 Å². The maximum absolute atomic E-state index is 9.73. The predicted octanol–water partition coefficient (Wildman–Crippen LogP) is 5.33. The van der Waals surface area contributed by atoms with Crippen molar-refractivity contribution in [2.24, 2.45) is 0 Å². The van der Waals surface area contributed by atoms with Crippen LogP contribution in [0.5, 0.6) is 0 Å². The summed E-state index contributed by atoms with van der Waals surface area (Å²) in [5, 5.41) is 0. The maximum atomic E-state index is 9.73. The molecule has 0 rings (SSSR count). The van der Waals surface area contributed by atoms with Crippen molar-refractivity contribution >= 4 is 16.1 Å². The first-order chi connectivity index (χ1) is 9.97. The molecule has 0 aliphatic carbocycles. The van der Waals surface area contributed by atoms with Gasteiger partial charge < -0.3 is 4.70 Å². The molecule has 0 atom stereocenters. The SMILES string of the molecule is CCCC[P+](CCCC)(CCCC)CCCC.FP(F)F.[F-]. The molecule has 0 saturated carbocycles. The van der Waals surface area contributed by atoms with Gasteiger partial charge in [-0.05, 0) is 25.7 Å². The Labute approximate surface area is 137 Å². The van der Waals surface area contributed by atoms with Crippen molar-refractivity contribution in [2.45, 2.75) is 79.1 Å². The number of hydrogen-bond acceptors (Lipinski definition) is 0. The van der Waals surface area contributed by atoms with Gasteiger partial charge in [0.15, 0.2) is 0 Å². The van der Waals surface area contributed by atoms with Gasteiger partial charge in [-0.3, -0.25) is 0 Å². The minimum atomic E-state index is -4.12.